The van der Waals surface area contributed by atoms with E-state index in [9.17, 15) is 0 Å². The summed E-state index contributed by atoms with van der Waals surface area (Å²) in [5.41, 5.74) is 1.50. The number of benzene rings is 1. The first kappa shape index (κ1) is 20.3. The van der Waals surface area contributed by atoms with Crippen LogP contribution in [-0.4, -0.2) is 57.3 Å². The lowest BCUT2D eigenvalue weighted by molar-refractivity contribution is 0.162. The summed E-state index contributed by atoms with van der Waals surface area (Å²) in [6.45, 7) is 4.24. The highest BCUT2D eigenvalue weighted by Crippen LogP contribution is 2.14. The summed E-state index contributed by atoms with van der Waals surface area (Å²) in [5, 5.41) is 24.5. The lowest BCUT2D eigenvalue weighted by atomic mass is 10.0. The van der Waals surface area contributed by atoms with Crippen molar-refractivity contribution in [1.29, 1.82) is 5.26 Å². The van der Waals surface area contributed by atoms with Crippen LogP contribution in [0, 0.1) is 11.3 Å². The Morgan fingerprint density at radius 3 is 2.67 bits per heavy atom. The highest BCUT2D eigenvalue weighted by atomic mass is 35.5. The minimum atomic E-state index is 0. The molecular weight excluding hydrogens is 349 g/mol. The Balaban J connectivity index is 0.00000144. The number of hydrogen-bond acceptors (Lipinski definition) is 6. The number of piperazine rings is 1. The number of nitriles is 1. The van der Waals surface area contributed by atoms with Crippen LogP contribution in [0.15, 0.2) is 24.3 Å². The van der Waals surface area contributed by atoms with Gasteiger partial charge in [0.25, 0.3) is 0 Å². The molecule has 1 aliphatic heterocycles. The zero-order valence-corrected chi connectivity index (χ0v) is 15.2. The van der Waals surface area contributed by atoms with Crippen LogP contribution in [-0.2, 0) is 6.42 Å². The van der Waals surface area contributed by atoms with Gasteiger partial charge in [0.2, 0.25) is 0 Å². The highest BCUT2D eigenvalue weighted by Gasteiger charge is 2.27. The van der Waals surface area contributed by atoms with E-state index in [0.29, 0.717) is 17.6 Å². The average Bonchev–Trinajstić information content (AvgIpc) is 3.00. The predicted octanol–water partition coefficient (Wildman–Crippen LogP) is 1.21. The van der Waals surface area contributed by atoms with Crippen molar-refractivity contribution in [3.05, 3.63) is 35.7 Å². The van der Waals surface area contributed by atoms with Crippen LogP contribution in [0.4, 0.5) is 0 Å². The molecule has 0 radical (unpaired) electrons. The lowest BCUT2D eigenvalue weighted by Crippen LogP contribution is -2.56. The first-order chi connectivity index (χ1) is 10.7. The summed E-state index contributed by atoms with van der Waals surface area (Å²) >= 11 is 0. The van der Waals surface area contributed by atoms with Gasteiger partial charge in [-0.2, -0.15) is 9.94 Å². The van der Waals surface area contributed by atoms with E-state index in [1.165, 1.54) is 0 Å². The van der Waals surface area contributed by atoms with Gasteiger partial charge in [-0.15, -0.1) is 29.9 Å². The van der Waals surface area contributed by atoms with Gasteiger partial charge in [-0.1, -0.05) is 0 Å². The number of halogens is 2. The third kappa shape index (κ3) is 4.22. The van der Waals surface area contributed by atoms with Crippen LogP contribution in [0.5, 0.6) is 0 Å². The topological polar surface area (TPSA) is 82.7 Å². The summed E-state index contributed by atoms with van der Waals surface area (Å²) in [4.78, 5) is 2.34. The van der Waals surface area contributed by atoms with Gasteiger partial charge in [0.05, 0.1) is 17.3 Å². The smallest absolute Gasteiger partial charge is 0.158 e. The van der Waals surface area contributed by atoms with E-state index < -0.39 is 0 Å². The number of nitrogens with one attached hydrogen (secondary N) is 1. The summed E-state index contributed by atoms with van der Waals surface area (Å²) in [7, 11) is 2.14. The second-order valence-electron chi connectivity index (χ2n) is 5.65. The van der Waals surface area contributed by atoms with Gasteiger partial charge in [0.1, 0.15) is 0 Å². The third-order valence-electron chi connectivity index (χ3n) is 4.33. The molecule has 0 saturated carbocycles. The average molecular weight is 370 g/mol. The number of hydrogen-bond donors (Lipinski definition) is 1. The van der Waals surface area contributed by atoms with Crippen molar-refractivity contribution in [1.82, 2.24) is 30.4 Å². The molecule has 1 aliphatic rings. The van der Waals surface area contributed by atoms with E-state index in [-0.39, 0.29) is 24.8 Å². The SMILES string of the molecule is CC1C(Cc2nnnn2-c2ccc(C#N)cc2)NCCN1C.Cl.Cl. The molecule has 1 fully saturated rings. The monoisotopic (exact) mass is 369 g/mol. The molecule has 2 atom stereocenters. The van der Waals surface area contributed by atoms with Gasteiger partial charge < -0.3 is 10.2 Å². The molecule has 7 nitrogen and oxygen atoms in total. The molecule has 24 heavy (non-hydrogen) atoms. The third-order valence-corrected chi connectivity index (χ3v) is 4.33. The molecule has 3 rings (SSSR count). The van der Waals surface area contributed by atoms with Crippen LogP contribution >= 0.6 is 24.8 Å². The molecule has 9 heteroatoms. The number of aromatic nitrogens is 4. The maximum absolute atomic E-state index is 8.87. The fraction of sp³-hybridized carbons (Fsp3) is 0.467. The first-order valence-corrected chi connectivity index (χ1v) is 7.40. The van der Waals surface area contributed by atoms with Crippen molar-refractivity contribution in [2.24, 2.45) is 0 Å². The Morgan fingerprint density at radius 1 is 1.29 bits per heavy atom. The van der Waals surface area contributed by atoms with Crippen LogP contribution in [0.1, 0.15) is 18.3 Å². The second kappa shape index (κ2) is 8.94. The summed E-state index contributed by atoms with van der Waals surface area (Å²) in [5.74, 6) is 0.823. The van der Waals surface area contributed by atoms with E-state index >= 15 is 0 Å². The molecule has 0 spiro atoms. The Kier molecular flexibility index (Phi) is 7.58. The highest BCUT2D eigenvalue weighted by molar-refractivity contribution is 5.85. The van der Waals surface area contributed by atoms with E-state index in [2.05, 4.69) is 45.8 Å². The minimum absolute atomic E-state index is 0. The molecule has 1 saturated heterocycles. The van der Waals surface area contributed by atoms with Gasteiger partial charge in [-0.3, -0.25) is 0 Å². The minimum Gasteiger partial charge on any atom is -0.311 e. The number of nitrogens with zero attached hydrogens (tertiary/aromatic N) is 6. The van der Waals surface area contributed by atoms with E-state index in [0.717, 1.165) is 31.0 Å². The predicted molar refractivity (Wildman–Crippen MR) is 96.0 cm³/mol. The standard InChI is InChI=1S/C15H19N7.2ClH/c1-11-14(17-7-8-21(11)2)9-15-18-19-20-22(15)13-5-3-12(10-16)4-6-13;;/h3-6,11,14,17H,7-9H2,1-2H3;2*1H. The lowest BCUT2D eigenvalue weighted by Gasteiger charge is -2.37. The molecule has 2 heterocycles. The maximum atomic E-state index is 8.87. The largest absolute Gasteiger partial charge is 0.311 e. The quantitative estimate of drug-likeness (QED) is 0.875. The summed E-state index contributed by atoms with van der Waals surface area (Å²) in [6.07, 6.45) is 0.762. The molecular formula is C15H21Cl2N7. The van der Waals surface area contributed by atoms with E-state index in [4.69, 9.17) is 5.26 Å². The van der Waals surface area contributed by atoms with Crippen molar-refractivity contribution in [3.63, 3.8) is 0 Å². The van der Waals surface area contributed by atoms with Gasteiger partial charge in [-0.05, 0) is 48.7 Å². The van der Waals surface area contributed by atoms with Gasteiger partial charge in [0, 0.05) is 31.6 Å². The molecule has 0 aliphatic carbocycles. The zero-order valence-electron chi connectivity index (χ0n) is 13.6. The van der Waals surface area contributed by atoms with E-state index in [1.807, 2.05) is 12.1 Å². The normalized spacial score (nSPS) is 20.5. The summed E-state index contributed by atoms with van der Waals surface area (Å²) < 4.78 is 1.74. The maximum Gasteiger partial charge on any atom is 0.158 e. The molecule has 0 amide bonds. The fourth-order valence-electron chi connectivity index (χ4n) is 2.76. The Hall–Kier alpha value is -1.72. The number of likely N-dealkylation sites (N-methyl/N-ethyl adjacent to an activating group) is 1. The number of tetrazole rings is 1. The van der Waals surface area contributed by atoms with E-state index in [1.54, 1.807) is 16.8 Å². The van der Waals surface area contributed by atoms with Crippen molar-refractivity contribution < 1.29 is 0 Å². The van der Waals surface area contributed by atoms with Gasteiger partial charge in [0.15, 0.2) is 5.82 Å². The fourth-order valence-corrected chi connectivity index (χ4v) is 2.76. The van der Waals surface area contributed by atoms with Gasteiger partial charge >= 0.3 is 0 Å². The van der Waals surface area contributed by atoms with Crippen molar-refractivity contribution in [2.75, 3.05) is 20.1 Å². The van der Waals surface area contributed by atoms with Crippen molar-refractivity contribution in [2.45, 2.75) is 25.4 Å². The van der Waals surface area contributed by atoms with Gasteiger partial charge in [-0.25, -0.2) is 0 Å². The molecule has 2 unspecified atom stereocenters. The Labute approximate surface area is 153 Å². The van der Waals surface area contributed by atoms with Crippen LogP contribution < -0.4 is 5.32 Å². The summed E-state index contributed by atoms with van der Waals surface area (Å²) in [6, 6.07) is 10.1. The molecule has 1 aromatic heterocycles. The van der Waals surface area contributed by atoms with Crippen LogP contribution in [0.3, 0.4) is 0 Å². The molecule has 0 bridgehead atoms. The van der Waals surface area contributed by atoms with Crippen LogP contribution in [0.2, 0.25) is 0 Å². The molecule has 1 N–H and O–H groups in total. The second-order valence-corrected chi connectivity index (χ2v) is 5.65. The molecule has 2 aromatic rings. The molecule has 130 valence electrons. The zero-order chi connectivity index (χ0) is 15.5. The Bertz CT molecular complexity index is 680. The molecule has 1 aromatic carbocycles. The van der Waals surface area contributed by atoms with Crippen molar-refractivity contribution >= 4 is 24.8 Å². The first-order valence-electron chi connectivity index (χ1n) is 7.40. The van der Waals surface area contributed by atoms with Crippen LogP contribution in [0.25, 0.3) is 5.69 Å². The number of rotatable bonds is 3. The Morgan fingerprint density at radius 2 is 2.00 bits per heavy atom. The van der Waals surface area contributed by atoms with Crippen molar-refractivity contribution in [3.8, 4) is 11.8 Å².